The van der Waals surface area contributed by atoms with Gasteiger partial charge < -0.3 is 4.52 Å². The summed E-state index contributed by atoms with van der Waals surface area (Å²) in [6, 6.07) is 0. The van der Waals surface area contributed by atoms with Crippen LogP contribution in [0.4, 0.5) is 0 Å². The molecular formula is C3H3BrN2O. The number of aryl methyl sites for hydroxylation is 1. The molecule has 3 nitrogen and oxygen atoms in total. The number of aromatic nitrogens is 2. The van der Waals surface area contributed by atoms with Crippen molar-refractivity contribution in [2.24, 2.45) is 0 Å². The zero-order valence-corrected chi connectivity index (χ0v) is 5.27. The van der Waals surface area contributed by atoms with Gasteiger partial charge >= 0.3 is 0 Å². The topological polar surface area (TPSA) is 38.9 Å². The van der Waals surface area contributed by atoms with E-state index in [1.807, 2.05) is 0 Å². The summed E-state index contributed by atoms with van der Waals surface area (Å²) in [4.78, 5) is 0. The van der Waals surface area contributed by atoms with Crippen molar-refractivity contribution in [1.29, 1.82) is 0 Å². The van der Waals surface area contributed by atoms with E-state index in [1.54, 1.807) is 6.92 Å². The van der Waals surface area contributed by atoms with Gasteiger partial charge in [-0.2, -0.15) is 0 Å². The second-order valence-electron chi connectivity index (χ2n) is 1.12. The minimum Gasteiger partial charge on any atom is -0.341 e. The molecule has 38 valence electrons. The van der Waals surface area contributed by atoms with E-state index in [2.05, 4.69) is 30.8 Å². The summed E-state index contributed by atoms with van der Waals surface area (Å²) >= 11 is 3.10. The molecule has 0 aliphatic heterocycles. The molecule has 1 aromatic heterocycles. The number of halogens is 1. The van der Waals surface area contributed by atoms with Crippen LogP contribution in [0.2, 0.25) is 0 Å². The zero-order chi connectivity index (χ0) is 5.28. The van der Waals surface area contributed by atoms with Crippen LogP contribution >= 0.6 is 15.9 Å². The second-order valence-corrected chi connectivity index (χ2v) is 1.87. The second kappa shape index (κ2) is 1.61. The van der Waals surface area contributed by atoms with Crippen LogP contribution in [0.5, 0.6) is 0 Å². The van der Waals surface area contributed by atoms with Gasteiger partial charge in [0.05, 0.1) is 0 Å². The fourth-order valence-corrected chi connectivity index (χ4v) is 0.363. The minimum atomic E-state index is 0.674. The Hall–Kier alpha value is -0.380. The van der Waals surface area contributed by atoms with Crippen LogP contribution in [0.3, 0.4) is 0 Å². The Morgan fingerprint density at radius 2 is 2.43 bits per heavy atom. The van der Waals surface area contributed by atoms with Gasteiger partial charge in [-0.3, -0.25) is 0 Å². The Morgan fingerprint density at radius 1 is 1.71 bits per heavy atom. The first-order valence-corrected chi connectivity index (χ1v) is 2.54. The summed E-state index contributed by atoms with van der Waals surface area (Å²) in [5.74, 6) is 0.708. The van der Waals surface area contributed by atoms with Crippen molar-refractivity contribution in [1.82, 2.24) is 10.4 Å². The molecule has 0 N–H and O–H groups in total. The largest absolute Gasteiger partial charge is 0.341 e. The van der Waals surface area contributed by atoms with Gasteiger partial charge in [-0.15, -0.1) is 5.10 Å². The summed E-state index contributed by atoms with van der Waals surface area (Å²) in [6.45, 7) is 1.78. The molecule has 0 unspecified atom stereocenters. The number of rotatable bonds is 0. The van der Waals surface area contributed by atoms with Crippen LogP contribution in [0.15, 0.2) is 9.13 Å². The van der Waals surface area contributed by atoms with Gasteiger partial charge in [0.25, 0.3) is 0 Å². The molecule has 1 heterocycles. The molecule has 0 saturated carbocycles. The zero-order valence-electron chi connectivity index (χ0n) is 3.68. The van der Waals surface area contributed by atoms with Crippen molar-refractivity contribution in [3.63, 3.8) is 0 Å². The van der Waals surface area contributed by atoms with Gasteiger partial charge in [-0.05, 0) is 22.9 Å². The first-order chi connectivity index (χ1) is 3.30. The molecule has 0 bridgehead atoms. The molecule has 0 aliphatic rings. The van der Waals surface area contributed by atoms with Crippen LogP contribution in [-0.2, 0) is 0 Å². The van der Waals surface area contributed by atoms with Crippen LogP contribution in [0.1, 0.15) is 5.76 Å². The fourth-order valence-electron chi connectivity index (χ4n) is 0.226. The van der Waals surface area contributed by atoms with Crippen LogP contribution < -0.4 is 0 Å². The average molecular weight is 163 g/mol. The van der Waals surface area contributed by atoms with E-state index in [1.165, 1.54) is 0 Å². The lowest BCUT2D eigenvalue weighted by Crippen LogP contribution is -1.62. The van der Waals surface area contributed by atoms with E-state index in [0.29, 0.717) is 10.4 Å². The lowest BCUT2D eigenvalue weighted by molar-refractivity contribution is 0.373. The lowest BCUT2D eigenvalue weighted by Gasteiger charge is -1.70. The van der Waals surface area contributed by atoms with Crippen molar-refractivity contribution in [3.05, 3.63) is 10.4 Å². The molecule has 4 heteroatoms. The van der Waals surface area contributed by atoms with Crippen molar-refractivity contribution in [3.8, 4) is 0 Å². The molecular weight excluding hydrogens is 160 g/mol. The molecule has 0 atom stereocenters. The highest BCUT2D eigenvalue weighted by Crippen LogP contribution is 2.08. The van der Waals surface area contributed by atoms with Gasteiger partial charge in [0.15, 0.2) is 10.4 Å². The predicted octanol–water partition coefficient (Wildman–Crippen LogP) is 1.14. The molecule has 0 radical (unpaired) electrons. The Labute approximate surface area is 48.8 Å². The van der Waals surface area contributed by atoms with Crippen molar-refractivity contribution < 1.29 is 4.52 Å². The Morgan fingerprint density at radius 3 is 2.57 bits per heavy atom. The minimum absolute atomic E-state index is 0.674. The monoisotopic (exact) mass is 162 g/mol. The first kappa shape index (κ1) is 4.77. The lowest BCUT2D eigenvalue weighted by atomic mass is 10.6. The smallest absolute Gasteiger partial charge is 0.172 e. The third-order valence-electron chi connectivity index (χ3n) is 0.597. The number of hydrogen-bond acceptors (Lipinski definition) is 3. The van der Waals surface area contributed by atoms with E-state index >= 15 is 0 Å². The standard InChI is InChI=1S/C3H3BrN2O/c1-2-3(4)5-6-7-2/h1H3. The van der Waals surface area contributed by atoms with E-state index in [4.69, 9.17) is 0 Å². The van der Waals surface area contributed by atoms with E-state index in [0.717, 1.165) is 0 Å². The van der Waals surface area contributed by atoms with E-state index in [9.17, 15) is 0 Å². The number of nitrogens with zero attached hydrogens (tertiary/aromatic N) is 2. The van der Waals surface area contributed by atoms with Gasteiger partial charge in [0.1, 0.15) is 0 Å². The van der Waals surface area contributed by atoms with E-state index in [-0.39, 0.29) is 0 Å². The maximum Gasteiger partial charge on any atom is 0.172 e. The van der Waals surface area contributed by atoms with Gasteiger partial charge in [-0.25, -0.2) is 0 Å². The molecule has 0 fully saturated rings. The highest BCUT2D eigenvalue weighted by Gasteiger charge is 1.95. The maximum absolute atomic E-state index is 4.56. The summed E-state index contributed by atoms with van der Waals surface area (Å²) in [7, 11) is 0. The van der Waals surface area contributed by atoms with Crippen molar-refractivity contribution in [2.45, 2.75) is 6.92 Å². The summed E-state index contributed by atoms with van der Waals surface area (Å²) in [5.41, 5.74) is 0. The third kappa shape index (κ3) is 0.796. The highest BCUT2D eigenvalue weighted by molar-refractivity contribution is 9.10. The highest BCUT2D eigenvalue weighted by atomic mass is 79.9. The van der Waals surface area contributed by atoms with E-state index < -0.39 is 0 Å². The molecule has 1 rings (SSSR count). The molecule has 0 aromatic carbocycles. The Balaban J connectivity index is 3.12. The van der Waals surface area contributed by atoms with Gasteiger partial charge in [-0.1, -0.05) is 0 Å². The molecule has 7 heavy (non-hydrogen) atoms. The molecule has 0 aliphatic carbocycles. The molecule has 0 amide bonds. The summed E-state index contributed by atoms with van der Waals surface area (Å²) in [5, 5.41) is 6.77. The van der Waals surface area contributed by atoms with Crippen LogP contribution in [-0.4, -0.2) is 10.4 Å². The molecule has 0 saturated heterocycles. The fraction of sp³-hybridized carbons (Fsp3) is 0.333. The maximum atomic E-state index is 4.56. The van der Waals surface area contributed by atoms with Crippen LogP contribution in [0.25, 0.3) is 0 Å². The predicted molar refractivity (Wildman–Crippen MR) is 26.7 cm³/mol. The number of hydrogen-bond donors (Lipinski definition) is 0. The van der Waals surface area contributed by atoms with Gasteiger partial charge in [0.2, 0.25) is 0 Å². The van der Waals surface area contributed by atoms with Crippen molar-refractivity contribution >= 4 is 15.9 Å². The SMILES string of the molecule is Cc1onnc1Br. The third-order valence-corrected chi connectivity index (χ3v) is 1.31. The Kier molecular flexibility index (Phi) is 1.10. The molecule has 0 spiro atoms. The summed E-state index contributed by atoms with van der Waals surface area (Å²) < 4.78 is 5.23. The Bertz CT molecular complexity index is 145. The van der Waals surface area contributed by atoms with Crippen LogP contribution in [0, 0.1) is 6.92 Å². The quantitative estimate of drug-likeness (QED) is 0.575. The molecule has 1 aromatic rings. The first-order valence-electron chi connectivity index (χ1n) is 1.75. The van der Waals surface area contributed by atoms with Gasteiger partial charge in [0, 0.05) is 5.27 Å². The van der Waals surface area contributed by atoms with Crippen molar-refractivity contribution in [2.75, 3.05) is 0 Å². The normalized spacial score (nSPS) is 9.43. The summed E-state index contributed by atoms with van der Waals surface area (Å²) in [6.07, 6.45) is 0. The average Bonchev–Trinajstić information content (AvgIpc) is 1.91.